The number of hydrogen-bond acceptors (Lipinski definition) is 4. The van der Waals surface area contributed by atoms with Crippen LogP contribution in [-0.4, -0.2) is 35.8 Å². The molecule has 0 aliphatic carbocycles. The first-order valence-electron chi connectivity index (χ1n) is 6.07. The summed E-state index contributed by atoms with van der Waals surface area (Å²) in [6, 6.07) is 0. The predicted molar refractivity (Wildman–Crippen MR) is 71.5 cm³/mol. The summed E-state index contributed by atoms with van der Waals surface area (Å²) in [6.07, 6.45) is 6.31. The van der Waals surface area contributed by atoms with Crippen LogP contribution in [0.1, 0.15) is 25.3 Å². The van der Waals surface area contributed by atoms with Crippen molar-refractivity contribution < 1.29 is 4.74 Å². The van der Waals surface area contributed by atoms with E-state index in [4.69, 9.17) is 4.74 Å². The van der Waals surface area contributed by atoms with Crippen LogP contribution in [0, 0.1) is 0 Å². The minimum Gasteiger partial charge on any atom is -0.378 e. The summed E-state index contributed by atoms with van der Waals surface area (Å²) >= 11 is 3.39. The van der Waals surface area contributed by atoms with Gasteiger partial charge in [-0.1, -0.05) is 15.9 Å². The molecular formula is C12H18BrN3O. The molecule has 0 unspecified atom stereocenters. The molecule has 2 rings (SSSR count). The van der Waals surface area contributed by atoms with Crippen molar-refractivity contribution in [2.24, 2.45) is 0 Å². The van der Waals surface area contributed by atoms with E-state index in [2.05, 4.69) is 37.7 Å². The molecular weight excluding hydrogens is 282 g/mol. The second kappa shape index (κ2) is 6.31. The van der Waals surface area contributed by atoms with Crippen LogP contribution in [-0.2, 0) is 10.1 Å². The van der Waals surface area contributed by atoms with E-state index in [9.17, 15) is 0 Å². The summed E-state index contributed by atoms with van der Waals surface area (Å²) in [5.41, 5.74) is 1.11. The number of halogens is 1. The Hall–Kier alpha value is -0.680. The maximum Gasteiger partial charge on any atom is 0.225 e. The lowest BCUT2D eigenvalue weighted by atomic mass is 10.1. The number of piperidine rings is 1. The Labute approximate surface area is 111 Å². The SMILES string of the molecule is CCOC1CCN(c2ncc(CBr)cn2)CC1. The van der Waals surface area contributed by atoms with E-state index < -0.39 is 0 Å². The molecule has 0 saturated carbocycles. The second-order valence-electron chi connectivity index (χ2n) is 4.17. The van der Waals surface area contributed by atoms with E-state index in [0.717, 1.165) is 49.4 Å². The normalized spacial score (nSPS) is 17.4. The number of anilines is 1. The molecule has 0 spiro atoms. The number of rotatable bonds is 4. The average Bonchev–Trinajstić information content (AvgIpc) is 2.40. The number of alkyl halides is 1. The Morgan fingerprint density at radius 3 is 2.53 bits per heavy atom. The van der Waals surface area contributed by atoms with Gasteiger partial charge >= 0.3 is 0 Å². The van der Waals surface area contributed by atoms with Crippen molar-refractivity contribution in [3.05, 3.63) is 18.0 Å². The summed E-state index contributed by atoms with van der Waals surface area (Å²) < 4.78 is 5.63. The van der Waals surface area contributed by atoms with Crippen molar-refractivity contribution in [3.63, 3.8) is 0 Å². The molecule has 1 saturated heterocycles. The van der Waals surface area contributed by atoms with Crippen LogP contribution in [0.2, 0.25) is 0 Å². The van der Waals surface area contributed by atoms with Gasteiger partial charge in [0.1, 0.15) is 0 Å². The number of aromatic nitrogens is 2. The molecule has 0 radical (unpaired) electrons. The van der Waals surface area contributed by atoms with Gasteiger partial charge in [0.2, 0.25) is 5.95 Å². The smallest absolute Gasteiger partial charge is 0.225 e. The van der Waals surface area contributed by atoms with Crippen LogP contribution in [0.4, 0.5) is 5.95 Å². The van der Waals surface area contributed by atoms with Crippen LogP contribution in [0.15, 0.2) is 12.4 Å². The third kappa shape index (κ3) is 3.39. The highest BCUT2D eigenvalue weighted by molar-refractivity contribution is 9.08. The van der Waals surface area contributed by atoms with Crippen LogP contribution in [0.25, 0.3) is 0 Å². The molecule has 1 aliphatic rings. The Balaban J connectivity index is 1.91. The molecule has 5 heteroatoms. The highest BCUT2D eigenvalue weighted by atomic mass is 79.9. The third-order valence-electron chi connectivity index (χ3n) is 2.97. The maximum atomic E-state index is 5.63. The van der Waals surface area contributed by atoms with Gasteiger partial charge < -0.3 is 9.64 Å². The Bertz CT molecular complexity index is 336. The first-order valence-corrected chi connectivity index (χ1v) is 7.19. The third-order valence-corrected chi connectivity index (χ3v) is 3.62. The van der Waals surface area contributed by atoms with E-state index in [1.54, 1.807) is 0 Å². The molecule has 0 aromatic carbocycles. The molecule has 1 aliphatic heterocycles. The van der Waals surface area contributed by atoms with Gasteiger partial charge in [0, 0.05) is 37.4 Å². The predicted octanol–water partition coefficient (Wildman–Crippen LogP) is 2.38. The van der Waals surface area contributed by atoms with Crippen LogP contribution < -0.4 is 4.90 Å². The van der Waals surface area contributed by atoms with Crippen LogP contribution in [0.5, 0.6) is 0 Å². The fraction of sp³-hybridized carbons (Fsp3) is 0.667. The topological polar surface area (TPSA) is 38.2 Å². The minimum atomic E-state index is 0.415. The van der Waals surface area contributed by atoms with Gasteiger partial charge in [-0.05, 0) is 25.3 Å². The molecule has 1 fully saturated rings. The fourth-order valence-electron chi connectivity index (χ4n) is 2.04. The van der Waals surface area contributed by atoms with Crippen molar-refractivity contribution in [2.45, 2.75) is 31.2 Å². The molecule has 0 amide bonds. The molecule has 0 atom stereocenters. The Morgan fingerprint density at radius 1 is 1.35 bits per heavy atom. The molecule has 0 N–H and O–H groups in total. The van der Waals surface area contributed by atoms with E-state index >= 15 is 0 Å². The summed E-state index contributed by atoms with van der Waals surface area (Å²) in [5, 5.41) is 0.805. The van der Waals surface area contributed by atoms with Gasteiger partial charge in [-0.15, -0.1) is 0 Å². The molecule has 1 aromatic rings. The lowest BCUT2D eigenvalue weighted by Gasteiger charge is -2.31. The fourth-order valence-corrected chi connectivity index (χ4v) is 2.33. The summed E-state index contributed by atoms with van der Waals surface area (Å²) in [6.45, 7) is 4.83. The maximum absolute atomic E-state index is 5.63. The average molecular weight is 300 g/mol. The van der Waals surface area contributed by atoms with Gasteiger partial charge in [-0.3, -0.25) is 0 Å². The monoisotopic (exact) mass is 299 g/mol. The van der Waals surface area contributed by atoms with E-state index in [0.29, 0.717) is 6.10 Å². The summed E-state index contributed by atoms with van der Waals surface area (Å²) in [4.78, 5) is 11.0. The Morgan fingerprint density at radius 2 is 2.00 bits per heavy atom. The highest BCUT2D eigenvalue weighted by Gasteiger charge is 2.20. The second-order valence-corrected chi connectivity index (χ2v) is 4.73. The molecule has 94 valence electrons. The lowest BCUT2D eigenvalue weighted by molar-refractivity contribution is 0.0457. The van der Waals surface area contributed by atoms with Crippen molar-refractivity contribution in [1.29, 1.82) is 0 Å². The Kier molecular flexibility index (Phi) is 4.74. The van der Waals surface area contributed by atoms with E-state index in [1.165, 1.54) is 0 Å². The van der Waals surface area contributed by atoms with Gasteiger partial charge in [0.05, 0.1) is 6.10 Å². The van der Waals surface area contributed by atoms with Crippen molar-refractivity contribution in [1.82, 2.24) is 9.97 Å². The summed E-state index contributed by atoms with van der Waals surface area (Å²) in [7, 11) is 0. The van der Waals surface area contributed by atoms with Crippen LogP contribution >= 0.6 is 15.9 Å². The highest BCUT2D eigenvalue weighted by Crippen LogP contribution is 2.18. The van der Waals surface area contributed by atoms with Crippen molar-refractivity contribution in [3.8, 4) is 0 Å². The zero-order valence-corrected chi connectivity index (χ0v) is 11.7. The lowest BCUT2D eigenvalue weighted by Crippen LogP contribution is -2.38. The number of hydrogen-bond donors (Lipinski definition) is 0. The van der Waals surface area contributed by atoms with E-state index in [1.807, 2.05) is 12.4 Å². The minimum absolute atomic E-state index is 0.415. The first kappa shape index (κ1) is 12.8. The van der Waals surface area contributed by atoms with Crippen molar-refractivity contribution in [2.75, 3.05) is 24.6 Å². The zero-order valence-electron chi connectivity index (χ0n) is 10.1. The van der Waals surface area contributed by atoms with Gasteiger partial charge in [0.15, 0.2) is 0 Å². The molecule has 4 nitrogen and oxygen atoms in total. The molecule has 0 bridgehead atoms. The largest absolute Gasteiger partial charge is 0.378 e. The van der Waals surface area contributed by atoms with Crippen molar-refractivity contribution >= 4 is 21.9 Å². The van der Waals surface area contributed by atoms with Gasteiger partial charge in [-0.2, -0.15) is 0 Å². The van der Waals surface area contributed by atoms with Gasteiger partial charge in [-0.25, -0.2) is 9.97 Å². The molecule has 2 heterocycles. The van der Waals surface area contributed by atoms with Gasteiger partial charge in [0.25, 0.3) is 0 Å². The first-order chi connectivity index (χ1) is 8.33. The number of ether oxygens (including phenoxy) is 1. The summed E-state index contributed by atoms with van der Waals surface area (Å²) in [5.74, 6) is 0.838. The van der Waals surface area contributed by atoms with E-state index in [-0.39, 0.29) is 0 Å². The zero-order chi connectivity index (χ0) is 12.1. The quantitative estimate of drug-likeness (QED) is 0.800. The molecule has 1 aromatic heterocycles. The van der Waals surface area contributed by atoms with Crippen LogP contribution in [0.3, 0.4) is 0 Å². The number of nitrogens with zero attached hydrogens (tertiary/aromatic N) is 3. The molecule has 17 heavy (non-hydrogen) atoms. The standard InChI is InChI=1S/C12H18BrN3O/c1-2-17-11-3-5-16(6-4-11)12-14-8-10(7-13)9-15-12/h8-9,11H,2-7H2,1H3.